The molecule has 1 N–H and O–H groups in total. The van der Waals surface area contributed by atoms with Gasteiger partial charge in [-0.2, -0.15) is 0 Å². The van der Waals surface area contributed by atoms with Gasteiger partial charge in [0.15, 0.2) is 0 Å². The molecule has 0 radical (unpaired) electrons. The standard InChI is InChI=1S/C14H13BrFN/c15-12-3-1-2-11(10-12)8-9-17-14-6-4-13(16)5-7-14/h1-7,10,17H,8-9H2. The number of hydrogen-bond donors (Lipinski definition) is 1. The Morgan fingerprint density at radius 3 is 2.53 bits per heavy atom. The summed E-state index contributed by atoms with van der Waals surface area (Å²) < 4.78 is 13.8. The van der Waals surface area contributed by atoms with Crippen LogP contribution in [0.2, 0.25) is 0 Å². The van der Waals surface area contributed by atoms with Gasteiger partial charge in [-0.05, 0) is 48.4 Å². The third-order valence-corrected chi connectivity index (χ3v) is 2.97. The predicted molar refractivity (Wildman–Crippen MR) is 72.7 cm³/mol. The topological polar surface area (TPSA) is 12.0 Å². The number of nitrogens with one attached hydrogen (secondary N) is 1. The van der Waals surface area contributed by atoms with Gasteiger partial charge >= 0.3 is 0 Å². The molecule has 2 aromatic rings. The van der Waals surface area contributed by atoms with Crippen molar-refractivity contribution >= 4 is 21.6 Å². The number of hydrogen-bond acceptors (Lipinski definition) is 1. The van der Waals surface area contributed by atoms with Crippen molar-refractivity contribution in [2.75, 3.05) is 11.9 Å². The minimum atomic E-state index is -0.206. The van der Waals surface area contributed by atoms with Crippen LogP contribution in [0, 0.1) is 5.82 Å². The van der Waals surface area contributed by atoms with Crippen LogP contribution in [0.5, 0.6) is 0 Å². The van der Waals surface area contributed by atoms with Crippen molar-refractivity contribution < 1.29 is 4.39 Å². The van der Waals surface area contributed by atoms with Crippen LogP contribution in [0.1, 0.15) is 5.56 Å². The first-order chi connectivity index (χ1) is 8.24. The minimum Gasteiger partial charge on any atom is -0.385 e. The number of anilines is 1. The summed E-state index contributed by atoms with van der Waals surface area (Å²) in [5, 5.41) is 3.26. The van der Waals surface area contributed by atoms with Crippen LogP contribution in [0.4, 0.5) is 10.1 Å². The van der Waals surface area contributed by atoms with E-state index in [-0.39, 0.29) is 5.82 Å². The molecular formula is C14H13BrFN. The lowest BCUT2D eigenvalue weighted by Gasteiger charge is -2.06. The van der Waals surface area contributed by atoms with E-state index in [1.807, 2.05) is 12.1 Å². The van der Waals surface area contributed by atoms with Crippen LogP contribution in [0.3, 0.4) is 0 Å². The SMILES string of the molecule is Fc1ccc(NCCc2cccc(Br)c2)cc1. The normalized spacial score (nSPS) is 10.2. The van der Waals surface area contributed by atoms with Crippen molar-refractivity contribution in [3.8, 4) is 0 Å². The van der Waals surface area contributed by atoms with E-state index in [4.69, 9.17) is 0 Å². The molecular weight excluding hydrogens is 281 g/mol. The minimum absolute atomic E-state index is 0.206. The third kappa shape index (κ3) is 3.86. The third-order valence-electron chi connectivity index (χ3n) is 2.48. The maximum Gasteiger partial charge on any atom is 0.123 e. The molecule has 0 aromatic heterocycles. The molecule has 0 amide bonds. The van der Waals surface area contributed by atoms with Crippen LogP contribution in [-0.2, 0) is 6.42 Å². The Morgan fingerprint density at radius 1 is 1.06 bits per heavy atom. The molecule has 88 valence electrons. The lowest BCUT2D eigenvalue weighted by atomic mass is 10.1. The van der Waals surface area contributed by atoms with Crippen molar-refractivity contribution in [2.24, 2.45) is 0 Å². The smallest absolute Gasteiger partial charge is 0.123 e. The van der Waals surface area contributed by atoms with E-state index in [9.17, 15) is 4.39 Å². The summed E-state index contributed by atoms with van der Waals surface area (Å²) >= 11 is 3.44. The van der Waals surface area contributed by atoms with E-state index in [2.05, 4.69) is 33.4 Å². The Balaban J connectivity index is 1.85. The van der Waals surface area contributed by atoms with Gasteiger partial charge in [-0.25, -0.2) is 4.39 Å². The van der Waals surface area contributed by atoms with Gasteiger partial charge in [0.1, 0.15) is 5.82 Å². The zero-order chi connectivity index (χ0) is 12.1. The van der Waals surface area contributed by atoms with Crippen molar-refractivity contribution in [1.82, 2.24) is 0 Å². The summed E-state index contributed by atoms with van der Waals surface area (Å²) in [6.45, 7) is 0.835. The highest BCUT2D eigenvalue weighted by Gasteiger charge is 1.95. The summed E-state index contributed by atoms with van der Waals surface area (Å²) in [7, 11) is 0. The van der Waals surface area contributed by atoms with Gasteiger partial charge in [-0.1, -0.05) is 28.1 Å². The van der Waals surface area contributed by atoms with Gasteiger partial charge < -0.3 is 5.32 Å². The molecule has 2 rings (SSSR count). The van der Waals surface area contributed by atoms with Crippen LogP contribution in [-0.4, -0.2) is 6.54 Å². The summed E-state index contributed by atoms with van der Waals surface area (Å²) in [5.74, 6) is -0.206. The molecule has 3 heteroatoms. The second kappa shape index (κ2) is 5.82. The molecule has 0 fully saturated rings. The van der Waals surface area contributed by atoms with Crippen LogP contribution >= 0.6 is 15.9 Å². The van der Waals surface area contributed by atoms with Gasteiger partial charge in [0.25, 0.3) is 0 Å². The van der Waals surface area contributed by atoms with Gasteiger partial charge in [-0.15, -0.1) is 0 Å². The molecule has 0 aliphatic rings. The molecule has 0 saturated heterocycles. The molecule has 0 aliphatic carbocycles. The molecule has 0 spiro atoms. The fourth-order valence-corrected chi connectivity index (χ4v) is 2.06. The zero-order valence-corrected chi connectivity index (χ0v) is 10.9. The molecule has 0 bridgehead atoms. The maximum absolute atomic E-state index is 12.7. The van der Waals surface area contributed by atoms with E-state index >= 15 is 0 Å². The van der Waals surface area contributed by atoms with Crippen LogP contribution in [0.15, 0.2) is 53.0 Å². The molecule has 2 aromatic carbocycles. The van der Waals surface area contributed by atoms with E-state index in [1.54, 1.807) is 12.1 Å². The largest absolute Gasteiger partial charge is 0.385 e. The van der Waals surface area contributed by atoms with Gasteiger partial charge in [-0.3, -0.25) is 0 Å². The molecule has 0 aliphatic heterocycles. The Labute approximate surface area is 109 Å². The number of rotatable bonds is 4. The van der Waals surface area contributed by atoms with Gasteiger partial charge in [0.2, 0.25) is 0 Å². The second-order valence-corrected chi connectivity index (χ2v) is 4.73. The highest BCUT2D eigenvalue weighted by Crippen LogP contribution is 2.13. The van der Waals surface area contributed by atoms with Crippen LogP contribution in [0.25, 0.3) is 0 Å². The molecule has 0 unspecified atom stereocenters. The highest BCUT2D eigenvalue weighted by molar-refractivity contribution is 9.10. The number of benzene rings is 2. The zero-order valence-electron chi connectivity index (χ0n) is 9.29. The fraction of sp³-hybridized carbons (Fsp3) is 0.143. The monoisotopic (exact) mass is 293 g/mol. The van der Waals surface area contributed by atoms with Crippen molar-refractivity contribution in [3.05, 3.63) is 64.4 Å². The fourth-order valence-electron chi connectivity index (χ4n) is 1.61. The lowest BCUT2D eigenvalue weighted by molar-refractivity contribution is 0.628. The summed E-state index contributed by atoms with van der Waals surface area (Å²) in [6, 6.07) is 14.6. The first-order valence-corrected chi connectivity index (χ1v) is 6.27. The molecule has 0 saturated carbocycles. The van der Waals surface area contributed by atoms with E-state index in [1.165, 1.54) is 17.7 Å². The van der Waals surface area contributed by atoms with Crippen molar-refractivity contribution in [1.29, 1.82) is 0 Å². The lowest BCUT2D eigenvalue weighted by Crippen LogP contribution is -2.04. The van der Waals surface area contributed by atoms with E-state index in [0.717, 1.165) is 23.1 Å². The summed E-state index contributed by atoms with van der Waals surface area (Å²) in [6.07, 6.45) is 0.941. The van der Waals surface area contributed by atoms with Crippen molar-refractivity contribution in [2.45, 2.75) is 6.42 Å². The second-order valence-electron chi connectivity index (χ2n) is 3.81. The molecule has 0 heterocycles. The van der Waals surface area contributed by atoms with Gasteiger partial charge in [0.05, 0.1) is 0 Å². The predicted octanol–water partition coefficient (Wildman–Crippen LogP) is 4.24. The summed E-state index contributed by atoms with van der Waals surface area (Å²) in [5.41, 5.74) is 2.22. The Morgan fingerprint density at radius 2 is 1.82 bits per heavy atom. The first-order valence-electron chi connectivity index (χ1n) is 5.48. The molecule has 1 nitrogen and oxygen atoms in total. The van der Waals surface area contributed by atoms with E-state index in [0.29, 0.717) is 0 Å². The molecule has 0 atom stereocenters. The quantitative estimate of drug-likeness (QED) is 0.889. The Hall–Kier alpha value is -1.35. The molecule has 17 heavy (non-hydrogen) atoms. The number of halogens is 2. The van der Waals surface area contributed by atoms with E-state index < -0.39 is 0 Å². The van der Waals surface area contributed by atoms with Gasteiger partial charge in [0, 0.05) is 16.7 Å². The highest BCUT2D eigenvalue weighted by atomic mass is 79.9. The average molecular weight is 294 g/mol. The average Bonchev–Trinajstić information content (AvgIpc) is 2.32. The van der Waals surface area contributed by atoms with Crippen LogP contribution < -0.4 is 5.32 Å². The maximum atomic E-state index is 12.7. The van der Waals surface area contributed by atoms with Crippen molar-refractivity contribution in [3.63, 3.8) is 0 Å². The Kier molecular flexibility index (Phi) is 4.15. The summed E-state index contributed by atoms with van der Waals surface area (Å²) in [4.78, 5) is 0. The first kappa shape index (κ1) is 12.1. The Bertz CT molecular complexity index is 482.